The third kappa shape index (κ3) is 6.32. The molecule has 0 saturated heterocycles. The fourth-order valence-electron chi connectivity index (χ4n) is 2.78. The SMILES string of the molecule is N#Cc1cc(C(=O)Nc2ccccc2)c(N)nc1SCC(=O)NCCc1ccccc1. The standard InChI is InChI=1S/C23H21N5O2S/c24-14-17-13-19(22(30)27-18-9-5-2-6-10-18)21(25)28-23(17)31-15-20(29)26-12-11-16-7-3-1-4-8-16/h1-10,13H,11-12,15H2,(H2,25,28)(H,26,29)(H,27,30). The summed E-state index contributed by atoms with van der Waals surface area (Å²) in [6.45, 7) is 0.517. The van der Waals surface area contributed by atoms with Crippen molar-refractivity contribution in [2.75, 3.05) is 23.3 Å². The molecular weight excluding hydrogens is 410 g/mol. The molecule has 7 nitrogen and oxygen atoms in total. The molecule has 156 valence electrons. The van der Waals surface area contributed by atoms with Crippen molar-refractivity contribution >= 4 is 35.1 Å². The van der Waals surface area contributed by atoms with Crippen molar-refractivity contribution < 1.29 is 9.59 Å². The van der Waals surface area contributed by atoms with Gasteiger partial charge in [-0.1, -0.05) is 60.3 Å². The zero-order chi connectivity index (χ0) is 22.1. The number of nitrogens with two attached hydrogens (primary N) is 1. The number of nitrogens with zero attached hydrogens (tertiary/aromatic N) is 2. The first-order valence-electron chi connectivity index (χ1n) is 9.57. The molecule has 1 aromatic heterocycles. The van der Waals surface area contributed by atoms with Gasteiger partial charge in [-0.25, -0.2) is 4.98 Å². The van der Waals surface area contributed by atoms with Gasteiger partial charge in [0.2, 0.25) is 5.91 Å². The number of nitrogen functional groups attached to an aromatic ring is 1. The van der Waals surface area contributed by atoms with Gasteiger partial charge in [0.15, 0.2) is 0 Å². The number of benzene rings is 2. The molecule has 8 heteroatoms. The van der Waals surface area contributed by atoms with Gasteiger partial charge in [-0.2, -0.15) is 5.26 Å². The Kier molecular flexibility index (Phi) is 7.62. The lowest BCUT2D eigenvalue weighted by Crippen LogP contribution is -2.27. The number of hydrogen-bond acceptors (Lipinski definition) is 6. The molecule has 4 N–H and O–H groups in total. The van der Waals surface area contributed by atoms with E-state index in [2.05, 4.69) is 15.6 Å². The molecule has 0 fully saturated rings. The molecule has 0 atom stereocenters. The van der Waals surface area contributed by atoms with Crippen LogP contribution in [0.3, 0.4) is 0 Å². The van der Waals surface area contributed by atoms with Crippen molar-refractivity contribution in [1.82, 2.24) is 10.3 Å². The predicted molar refractivity (Wildman–Crippen MR) is 122 cm³/mol. The minimum Gasteiger partial charge on any atom is -0.383 e. The van der Waals surface area contributed by atoms with E-state index < -0.39 is 5.91 Å². The summed E-state index contributed by atoms with van der Waals surface area (Å²) in [5, 5.41) is 15.3. The number of rotatable bonds is 8. The number of hydrogen-bond donors (Lipinski definition) is 3. The summed E-state index contributed by atoms with van der Waals surface area (Å²) in [5.74, 6) is -0.538. The van der Waals surface area contributed by atoms with E-state index in [4.69, 9.17) is 5.73 Å². The van der Waals surface area contributed by atoms with Gasteiger partial charge in [-0.15, -0.1) is 0 Å². The fourth-order valence-corrected chi connectivity index (χ4v) is 3.57. The van der Waals surface area contributed by atoms with Gasteiger partial charge in [0.1, 0.15) is 16.9 Å². The van der Waals surface area contributed by atoms with Crippen LogP contribution in [0, 0.1) is 11.3 Å². The van der Waals surface area contributed by atoms with E-state index in [1.807, 2.05) is 42.5 Å². The summed E-state index contributed by atoms with van der Waals surface area (Å²) in [6.07, 6.45) is 0.733. The van der Waals surface area contributed by atoms with Crippen LogP contribution in [0.15, 0.2) is 71.8 Å². The summed E-state index contributed by atoms with van der Waals surface area (Å²) in [7, 11) is 0. The Morgan fingerprint density at radius 1 is 1.06 bits per heavy atom. The van der Waals surface area contributed by atoms with Crippen molar-refractivity contribution in [1.29, 1.82) is 5.26 Å². The third-order valence-electron chi connectivity index (χ3n) is 4.33. The molecule has 0 bridgehead atoms. The van der Waals surface area contributed by atoms with Crippen LogP contribution in [0.25, 0.3) is 0 Å². The number of nitriles is 1. The predicted octanol–water partition coefficient (Wildman–Crippen LogP) is 3.24. The number of carbonyl (C=O) groups is 2. The van der Waals surface area contributed by atoms with E-state index in [9.17, 15) is 14.9 Å². The number of pyridine rings is 1. The maximum atomic E-state index is 12.5. The summed E-state index contributed by atoms with van der Waals surface area (Å²) in [5.41, 5.74) is 8.00. The number of thioether (sulfide) groups is 1. The highest BCUT2D eigenvalue weighted by Gasteiger charge is 2.17. The first-order chi connectivity index (χ1) is 15.1. The summed E-state index contributed by atoms with van der Waals surface area (Å²) >= 11 is 1.11. The Morgan fingerprint density at radius 2 is 1.74 bits per heavy atom. The number of aromatic nitrogens is 1. The fraction of sp³-hybridized carbons (Fsp3) is 0.130. The van der Waals surface area contributed by atoms with Crippen molar-refractivity contribution in [3.63, 3.8) is 0 Å². The lowest BCUT2D eigenvalue weighted by molar-refractivity contribution is -0.118. The highest BCUT2D eigenvalue weighted by Crippen LogP contribution is 2.24. The first-order valence-corrected chi connectivity index (χ1v) is 10.6. The molecule has 0 saturated carbocycles. The second-order valence-corrected chi connectivity index (χ2v) is 7.54. The van der Waals surface area contributed by atoms with Gasteiger partial charge < -0.3 is 16.4 Å². The highest BCUT2D eigenvalue weighted by molar-refractivity contribution is 8.00. The zero-order valence-electron chi connectivity index (χ0n) is 16.7. The van der Waals surface area contributed by atoms with Crippen molar-refractivity contribution in [2.24, 2.45) is 0 Å². The number of amides is 2. The third-order valence-corrected chi connectivity index (χ3v) is 5.32. The number of nitrogens with one attached hydrogen (secondary N) is 2. The zero-order valence-corrected chi connectivity index (χ0v) is 17.5. The van der Waals surface area contributed by atoms with Gasteiger partial charge in [-0.05, 0) is 30.2 Å². The highest BCUT2D eigenvalue weighted by atomic mass is 32.2. The Bertz CT molecular complexity index is 1100. The second kappa shape index (κ2) is 10.8. The average Bonchev–Trinajstić information content (AvgIpc) is 2.79. The molecule has 0 aliphatic carbocycles. The molecule has 2 amide bonds. The van der Waals surface area contributed by atoms with E-state index in [1.165, 1.54) is 6.07 Å². The molecule has 3 rings (SSSR count). The quantitative estimate of drug-likeness (QED) is 0.471. The van der Waals surface area contributed by atoms with Crippen LogP contribution in [0.2, 0.25) is 0 Å². The van der Waals surface area contributed by atoms with E-state index in [0.717, 1.165) is 23.7 Å². The van der Waals surface area contributed by atoms with Crippen LogP contribution >= 0.6 is 11.8 Å². The molecule has 0 aliphatic heterocycles. The molecule has 0 spiro atoms. The summed E-state index contributed by atoms with van der Waals surface area (Å²) in [6, 6.07) is 22.2. The molecule has 0 aliphatic rings. The molecule has 31 heavy (non-hydrogen) atoms. The van der Waals surface area contributed by atoms with Gasteiger partial charge in [-0.3, -0.25) is 9.59 Å². The topological polar surface area (TPSA) is 121 Å². The average molecular weight is 432 g/mol. The molecule has 3 aromatic rings. The van der Waals surface area contributed by atoms with Crippen LogP contribution in [0.1, 0.15) is 21.5 Å². The Hall–Kier alpha value is -3.83. The van der Waals surface area contributed by atoms with Crippen LogP contribution in [0.4, 0.5) is 11.5 Å². The molecule has 1 heterocycles. The first kappa shape index (κ1) is 21.9. The minimum atomic E-state index is -0.456. The van der Waals surface area contributed by atoms with Crippen molar-refractivity contribution in [2.45, 2.75) is 11.4 Å². The normalized spacial score (nSPS) is 10.2. The molecule has 2 aromatic carbocycles. The largest absolute Gasteiger partial charge is 0.383 e. The summed E-state index contributed by atoms with van der Waals surface area (Å²) < 4.78 is 0. The van der Waals surface area contributed by atoms with Gasteiger partial charge in [0.05, 0.1) is 16.9 Å². The number of para-hydroxylation sites is 1. The maximum Gasteiger partial charge on any atom is 0.259 e. The smallest absolute Gasteiger partial charge is 0.259 e. The van der Waals surface area contributed by atoms with Crippen molar-refractivity contribution in [3.8, 4) is 6.07 Å². The maximum absolute atomic E-state index is 12.5. The van der Waals surface area contributed by atoms with Crippen LogP contribution < -0.4 is 16.4 Å². The van der Waals surface area contributed by atoms with Gasteiger partial charge >= 0.3 is 0 Å². The summed E-state index contributed by atoms with van der Waals surface area (Å²) in [4.78, 5) is 28.8. The number of carbonyl (C=O) groups excluding carboxylic acids is 2. The van der Waals surface area contributed by atoms with Crippen LogP contribution in [-0.4, -0.2) is 29.1 Å². The lowest BCUT2D eigenvalue weighted by atomic mass is 10.1. The van der Waals surface area contributed by atoms with Crippen LogP contribution in [0.5, 0.6) is 0 Å². The Morgan fingerprint density at radius 3 is 2.42 bits per heavy atom. The lowest BCUT2D eigenvalue weighted by Gasteiger charge is -2.10. The van der Waals surface area contributed by atoms with Gasteiger partial charge in [0.25, 0.3) is 5.91 Å². The minimum absolute atomic E-state index is 0.000540. The van der Waals surface area contributed by atoms with E-state index >= 15 is 0 Å². The monoisotopic (exact) mass is 431 g/mol. The van der Waals surface area contributed by atoms with E-state index in [-0.39, 0.29) is 28.6 Å². The van der Waals surface area contributed by atoms with E-state index in [1.54, 1.807) is 24.3 Å². The Labute approximate surface area is 184 Å². The van der Waals surface area contributed by atoms with Crippen molar-refractivity contribution in [3.05, 3.63) is 83.4 Å². The van der Waals surface area contributed by atoms with Gasteiger partial charge in [0, 0.05) is 12.2 Å². The van der Waals surface area contributed by atoms with Crippen LogP contribution in [-0.2, 0) is 11.2 Å². The molecular formula is C23H21N5O2S. The molecule has 0 radical (unpaired) electrons. The molecule has 0 unspecified atom stereocenters. The second-order valence-electron chi connectivity index (χ2n) is 6.58. The van der Waals surface area contributed by atoms with E-state index in [0.29, 0.717) is 17.3 Å². The Balaban J connectivity index is 1.58. The number of anilines is 2.